The molecule has 0 unspecified atom stereocenters. The van der Waals surface area contributed by atoms with Gasteiger partial charge in [-0.3, -0.25) is 4.72 Å². The molecule has 0 spiro atoms. The van der Waals surface area contributed by atoms with E-state index in [1.807, 2.05) is 20.8 Å². The lowest BCUT2D eigenvalue weighted by molar-refractivity contribution is 0.0616. The summed E-state index contributed by atoms with van der Waals surface area (Å²) in [5.41, 5.74) is 0.463. The average molecular weight is 440 g/mol. The van der Waals surface area contributed by atoms with E-state index < -0.39 is 21.7 Å². The zero-order valence-corrected chi connectivity index (χ0v) is 18.2. The predicted molar refractivity (Wildman–Crippen MR) is 112 cm³/mol. The highest BCUT2D eigenvalue weighted by atomic mass is 32.2. The third-order valence-corrected chi connectivity index (χ3v) is 6.92. The first-order valence-corrected chi connectivity index (χ1v) is 11.5. The molecule has 2 aromatic rings. The number of aromatic nitrogens is 2. The van der Waals surface area contributed by atoms with Crippen molar-refractivity contribution in [2.45, 2.75) is 50.1 Å². The Bertz CT molecular complexity index is 932. The minimum Gasteiger partial charge on any atom is -0.465 e. The molecule has 29 heavy (non-hydrogen) atoms. The molecule has 1 amide bonds. The molecule has 1 aliphatic heterocycles. The summed E-state index contributed by atoms with van der Waals surface area (Å²) in [7, 11) is -3.71. The number of hydrogen-bond acceptors (Lipinski definition) is 7. The van der Waals surface area contributed by atoms with E-state index in [0.29, 0.717) is 13.1 Å². The first-order chi connectivity index (χ1) is 13.6. The minimum atomic E-state index is -3.71. The van der Waals surface area contributed by atoms with Crippen molar-refractivity contribution in [1.29, 1.82) is 0 Å². The fourth-order valence-electron chi connectivity index (χ4n) is 3.60. The summed E-state index contributed by atoms with van der Waals surface area (Å²) in [5.74, 6) is 0. The van der Waals surface area contributed by atoms with Crippen molar-refractivity contribution in [3.63, 3.8) is 0 Å². The van der Waals surface area contributed by atoms with Gasteiger partial charge in [-0.2, -0.15) is 4.37 Å². The van der Waals surface area contributed by atoms with Crippen molar-refractivity contribution < 1.29 is 18.3 Å². The highest BCUT2D eigenvalue weighted by molar-refractivity contribution is 7.93. The lowest BCUT2D eigenvalue weighted by Crippen LogP contribution is -2.54. The van der Waals surface area contributed by atoms with Crippen molar-refractivity contribution in [3.8, 4) is 0 Å². The van der Waals surface area contributed by atoms with Gasteiger partial charge in [0.25, 0.3) is 10.0 Å². The van der Waals surface area contributed by atoms with Crippen LogP contribution in [0, 0.1) is 0 Å². The second-order valence-corrected chi connectivity index (χ2v) is 10.3. The molecule has 1 fully saturated rings. The molecule has 2 heterocycles. The maximum atomic E-state index is 12.4. The normalized spacial score (nSPS) is 15.9. The molecular weight excluding hydrogens is 414 g/mol. The molecule has 1 aromatic carbocycles. The number of carboxylic acid groups (broad SMARTS) is 1. The zero-order chi connectivity index (χ0) is 21.2. The molecule has 0 bridgehead atoms. The number of benzene rings is 1. The highest BCUT2D eigenvalue weighted by Gasteiger charge is 2.35. The van der Waals surface area contributed by atoms with Crippen LogP contribution in [0.25, 0.3) is 0 Å². The van der Waals surface area contributed by atoms with Gasteiger partial charge in [0.05, 0.1) is 4.90 Å². The summed E-state index contributed by atoms with van der Waals surface area (Å²) >= 11 is 0.971. The Kier molecular flexibility index (Phi) is 5.99. The molecule has 3 rings (SSSR count). The van der Waals surface area contributed by atoms with E-state index in [9.17, 15) is 18.3 Å². The number of rotatable bonds is 5. The second kappa shape index (κ2) is 8.15. The van der Waals surface area contributed by atoms with Crippen LogP contribution in [0.3, 0.4) is 0 Å². The summed E-state index contributed by atoms with van der Waals surface area (Å²) in [6.45, 7) is 7.13. The first kappa shape index (κ1) is 21.3. The Labute approximate surface area is 174 Å². The molecule has 0 radical (unpaired) electrons. The monoisotopic (exact) mass is 439 g/mol. The van der Waals surface area contributed by atoms with Crippen LogP contribution in [-0.2, 0) is 10.0 Å². The van der Waals surface area contributed by atoms with Gasteiger partial charge >= 0.3 is 6.09 Å². The van der Waals surface area contributed by atoms with Crippen LogP contribution in [-0.4, -0.2) is 58.5 Å². The van der Waals surface area contributed by atoms with Gasteiger partial charge in [-0.15, -0.1) is 0 Å². The van der Waals surface area contributed by atoms with E-state index in [0.717, 1.165) is 30.1 Å². The Hall–Kier alpha value is -2.40. The SMILES string of the molecule is CC(C)(C)N(C(=O)O)C1CCN(c2ccc(S(=O)(=O)Nc3ncns3)cc2)CC1. The van der Waals surface area contributed by atoms with Gasteiger partial charge in [0.1, 0.15) is 6.33 Å². The van der Waals surface area contributed by atoms with Crippen molar-refractivity contribution >= 4 is 38.5 Å². The van der Waals surface area contributed by atoms with Crippen LogP contribution in [0.1, 0.15) is 33.6 Å². The summed E-state index contributed by atoms with van der Waals surface area (Å²) in [5, 5.41) is 9.80. The molecule has 9 nitrogen and oxygen atoms in total. The van der Waals surface area contributed by atoms with Crippen LogP contribution >= 0.6 is 11.5 Å². The fourth-order valence-corrected chi connectivity index (χ4v) is 5.26. The van der Waals surface area contributed by atoms with Gasteiger partial charge in [0.2, 0.25) is 5.13 Å². The summed E-state index contributed by atoms with van der Waals surface area (Å²) < 4.78 is 31.0. The number of piperidine rings is 1. The predicted octanol–water partition coefficient (Wildman–Crippen LogP) is 3.09. The van der Waals surface area contributed by atoms with Gasteiger partial charge in [-0.1, -0.05) is 0 Å². The third-order valence-electron chi connectivity index (χ3n) is 4.85. The number of nitrogens with zero attached hydrogens (tertiary/aromatic N) is 4. The van der Waals surface area contributed by atoms with Gasteiger partial charge in [-0.05, 0) is 57.9 Å². The Morgan fingerprint density at radius 2 is 1.86 bits per heavy atom. The number of nitrogens with one attached hydrogen (secondary N) is 1. The minimum absolute atomic E-state index is 0.0282. The molecule has 1 saturated heterocycles. The van der Waals surface area contributed by atoms with Crippen LogP contribution in [0.4, 0.5) is 15.6 Å². The summed E-state index contributed by atoms with van der Waals surface area (Å²) in [4.78, 5) is 19.4. The lowest BCUT2D eigenvalue weighted by Gasteiger charge is -2.44. The topological polar surface area (TPSA) is 116 Å². The number of carbonyl (C=O) groups is 1. The van der Waals surface area contributed by atoms with Gasteiger partial charge in [-0.25, -0.2) is 18.2 Å². The average Bonchev–Trinajstić information content (AvgIpc) is 3.13. The van der Waals surface area contributed by atoms with Crippen LogP contribution < -0.4 is 9.62 Å². The maximum absolute atomic E-state index is 12.4. The lowest BCUT2D eigenvalue weighted by atomic mass is 9.96. The van der Waals surface area contributed by atoms with E-state index in [2.05, 4.69) is 19.0 Å². The van der Waals surface area contributed by atoms with Crippen LogP contribution in [0.5, 0.6) is 0 Å². The smallest absolute Gasteiger partial charge is 0.407 e. The number of hydrogen-bond donors (Lipinski definition) is 2. The molecule has 2 N–H and O–H groups in total. The number of amides is 1. The van der Waals surface area contributed by atoms with Gasteiger partial charge < -0.3 is 14.9 Å². The van der Waals surface area contributed by atoms with E-state index in [-0.39, 0.29) is 16.1 Å². The van der Waals surface area contributed by atoms with Gasteiger partial charge in [0.15, 0.2) is 0 Å². The standard InChI is InChI=1S/C18H25N5O4S2/c1-18(2,3)23(17(24)25)14-8-10-22(11-9-14)13-4-6-15(7-5-13)29(26,27)21-16-19-12-20-28-16/h4-7,12,14H,8-11H2,1-3H3,(H,24,25)(H,19,20,21). The van der Waals surface area contributed by atoms with Crippen molar-refractivity contribution in [1.82, 2.24) is 14.3 Å². The number of sulfonamides is 1. The van der Waals surface area contributed by atoms with Crippen molar-refractivity contribution in [2.75, 3.05) is 22.7 Å². The Morgan fingerprint density at radius 3 is 2.34 bits per heavy atom. The summed E-state index contributed by atoms with van der Waals surface area (Å²) in [6, 6.07) is 6.63. The number of anilines is 2. The first-order valence-electron chi connectivity index (χ1n) is 9.25. The molecular formula is C18H25N5O4S2. The van der Waals surface area contributed by atoms with E-state index in [1.54, 1.807) is 29.2 Å². The maximum Gasteiger partial charge on any atom is 0.407 e. The molecule has 0 saturated carbocycles. The molecule has 0 aliphatic carbocycles. The fraction of sp³-hybridized carbons (Fsp3) is 0.500. The zero-order valence-electron chi connectivity index (χ0n) is 16.6. The quantitative estimate of drug-likeness (QED) is 0.735. The largest absolute Gasteiger partial charge is 0.465 e. The molecule has 1 aromatic heterocycles. The van der Waals surface area contributed by atoms with Crippen molar-refractivity contribution in [3.05, 3.63) is 30.6 Å². The molecule has 0 atom stereocenters. The highest BCUT2D eigenvalue weighted by Crippen LogP contribution is 2.28. The summed E-state index contributed by atoms with van der Waals surface area (Å²) in [6.07, 6.45) is 1.85. The van der Waals surface area contributed by atoms with Gasteiger partial charge in [0, 0.05) is 41.9 Å². The van der Waals surface area contributed by atoms with E-state index in [4.69, 9.17) is 0 Å². The van der Waals surface area contributed by atoms with Crippen molar-refractivity contribution in [2.24, 2.45) is 0 Å². The van der Waals surface area contributed by atoms with E-state index >= 15 is 0 Å². The molecule has 1 aliphatic rings. The van der Waals surface area contributed by atoms with E-state index in [1.165, 1.54) is 6.33 Å². The molecule has 158 valence electrons. The van der Waals surface area contributed by atoms with Crippen LogP contribution in [0.15, 0.2) is 35.5 Å². The Morgan fingerprint density at radius 1 is 1.24 bits per heavy atom. The Balaban J connectivity index is 1.65. The molecule has 11 heteroatoms. The second-order valence-electron chi connectivity index (χ2n) is 7.89. The third kappa shape index (κ3) is 4.96. The van der Waals surface area contributed by atoms with Crippen LogP contribution in [0.2, 0.25) is 0 Å².